The van der Waals surface area contributed by atoms with E-state index in [0.29, 0.717) is 12.0 Å². The van der Waals surface area contributed by atoms with Crippen LogP contribution in [0.3, 0.4) is 0 Å². The van der Waals surface area contributed by atoms with Crippen molar-refractivity contribution in [2.75, 3.05) is 0 Å². The summed E-state index contributed by atoms with van der Waals surface area (Å²) in [6.45, 7) is 10.0. The van der Waals surface area contributed by atoms with E-state index in [1.165, 1.54) is 0 Å². The van der Waals surface area contributed by atoms with Crippen molar-refractivity contribution in [1.82, 2.24) is 0 Å². The lowest BCUT2D eigenvalue weighted by Crippen LogP contribution is -2.17. The molecule has 0 aromatic carbocycles. The van der Waals surface area contributed by atoms with Crippen LogP contribution in [0.15, 0.2) is 22.8 Å². The quantitative estimate of drug-likeness (QED) is 0.301. The molecule has 0 heterocycles. The van der Waals surface area contributed by atoms with Crippen LogP contribution in [0, 0.1) is 5.41 Å². The van der Waals surface area contributed by atoms with Gasteiger partial charge in [0, 0.05) is 0 Å². The third kappa shape index (κ3) is 7.69. The maximum absolute atomic E-state index is 11.3. The van der Waals surface area contributed by atoms with Crippen LogP contribution in [-0.2, 0) is 9.59 Å². The lowest BCUT2D eigenvalue weighted by atomic mass is 9.84. The highest BCUT2D eigenvalue weighted by Gasteiger charge is 2.24. The molecule has 0 saturated heterocycles. The van der Waals surface area contributed by atoms with Crippen LogP contribution in [0.1, 0.15) is 66.7 Å². The van der Waals surface area contributed by atoms with E-state index in [4.69, 9.17) is 0 Å². The number of allylic oxidation sites excluding steroid dienone is 3. The van der Waals surface area contributed by atoms with Crippen LogP contribution in [0.25, 0.3) is 0 Å². The molecular weight excluding hydrogens is 268 g/mol. The maximum atomic E-state index is 11.3. The molecule has 0 aromatic rings. The topological polar surface area (TPSA) is 74.6 Å². The number of hydrogen-bond donors (Lipinski definition) is 2. The average molecular weight is 296 g/mol. The number of carboxylic acid groups (broad SMARTS) is 2. The van der Waals surface area contributed by atoms with E-state index in [0.717, 1.165) is 31.3 Å². The molecule has 0 aliphatic carbocycles. The van der Waals surface area contributed by atoms with Gasteiger partial charge in [-0.15, -0.1) is 0 Å². The Morgan fingerprint density at radius 2 is 1.38 bits per heavy atom. The lowest BCUT2D eigenvalue weighted by molar-refractivity contribution is -0.140. The molecule has 0 atom stereocenters. The van der Waals surface area contributed by atoms with Gasteiger partial charge in [0.1, 0.15) is 5.57 Å². The molecule has 0 unspecified atom stereocenters. The van der Waals surface area contributed by atoms with E-state index in [2.05, 4.69) is 13.8 Å². The second-order valence-electron chi connectivity index (χ2n) is 6.55. The van der Waals surface area contributed by atoms with E-state index in [1.807, 2.05) is 20.8 Å². The van der Waals surface area contributed by atoms with Gasteiger partial charge in [0.2, 0.25) is 0 Å². The first-order valence-electron chi connectivity index (χ1n) is 7.51. The van der Waals surface area contributed by atoms with Crippen LogP contribution >= 0.6 is 0 Å². The molecule has 4 nitrogen and oxygen atoms in total. The molecular formula is C17H28O4. The van der Waals surface area contributed by atoms with Crippen LogP contribution in [0.5, 0.6) is 0 Å². The van der Waals surface area contributed by atoms with Crippen molar-refractivity contribution in [1.29, 1.82) is 0 Å². The predicted molar refractivity (Wildman–Crippen MR) is 84.3 cm³/mol. The Bertz CT molecular complexity index is 412. The SMILES string of the molecule is CCCC(=CC(CC(C)(C)C)=C(C(=O)O)C(=O)O)CCC. The maximum Gasteiger partial charge on any atom is 0.343 e. The molecule has 0 spiro atoms. The molecule has 2 N–H and O–H groups in total. The second kappa shape index (κ2) is 8.65. The van der Waals surface area contributed by atoms with Gasteiger partial charge in [-0.25, -0.2) is 9.59 Å². The Hall–Kier alpha value is -1.58. The monoisotopic (exact) mass is 296 g/mol. The minimum atomic E-state index is -1.37. The van der Waals surface area contributed by atoms with Gasteiger partial charge in [-0.1, -0.05) is 59.1 Å². The summed E-state index contributed by atoms with van der Waals surface area (Å²) in [4.78, 5) is 22.6. The molecule has 0 saturated carbocycles. The van der Waals surface area contributed by atoms with Crippen LogP contribution < -0.4 is 0 Å². The summed E-state index contributed by atoms with van der Waals surface area (Å²) >= 11 is 0. The molecule has 0 aliphatic heterocycles. The first-order valence-corrected chi connectivity index (χ1v) is 7.51. The zero-order valence-corrected chi connectivity index (χ0v) is 13.8. The summed E-state index contributed by atoms with van der Waals surface area (Å²) in [5.41, 5.74) is 0.860. The minimum Gasteiger partial charge on any atom is -0.477 e. The van der Waals surface area contributed by atoms with E-state index >= 15 is 0 Å². The van der Waals surface area contributed by atoms with Gasteiger partial charge in [0.05, 0.1) is 0 Å². The molecule has 120 valence electrons. The highest BCUT2D eigenvalue weighted by molar-refractivity contribution is 6.13. The highest BCUT2D eigenvalue weighted by Crippen LogP contribution is 2.29. The summed E-state index contributed by atoms with van der Waals surface area (Å²) < 4.78 is 0. The van der Waals surface area contributed by atoms with Gasteiger partial charge in [-0.05, 0) is 30.3 Å². The summed E-state index contributed by atoms with van der Waals surface area (Å²) in [6.07, 6.45) is 5.89. The van der Waals surface area contributed by atoms with Gasteiger partial charge in [0.15, 0.2) is 0 Å². The van der Waals surface area contributed by atoms with Crippen molar-refractivity contribution in [3.05, 3.63) is 22.8 Å². The van der Waals surface area contributed by atoms with Crippen molar-refractivity contribution in [3.8, 4) is 0 Å². The first kappa shape index (κ1) is 19.4. The zero-order chi connectivity index (χ0) is 16.6. The normalized spacial score (nSPS) is 10.9. The highest BCUT2D eigenvalue weighted by atomic mass is 16.4. The van der Waals surface area contributed by atoms with Gasteiger partial charge in [0.25, 0.3) is 0 Å². The van der Waals surface area contributed by atoms with Crippen molar-refractivity contribution in [3.63, 3.8) is 0 Å². The molecule has 0 aliphatic rings. The van der Waals surface area contributed by atoms with Crippen LogP contribution in [0.2, 0.25) is 0 Å². The van der Waals surface area contributed by atoms with Crippen LogP contribution in [0.4, 0.5) is 0 Å². The number of rotatable bonds is 8. The van der Waals surface area contributed by atoms with Crippen molar-refractivity contribution in [2.24, 2.45) is 5.41 Å². The Morgan fingerprint density at radius 3 is 1.67 bits per heavy atom. The van der Waals surface area contributed by atoms with Gasteiger partial charge < -0.3 is 10.2 Å². The minimum absolute atomic E-state index is 0.175. The average Bonchev–Trinajstić information content (AvgIpc) is 2.25. The van der Waals surface area contributed by atoms with E-state index in [9.17, 15) is 19.8 Å². The fourth-order valence-corrected chi connectivity index (χ4v) is 2.31. The molecule has 0 amide bonds. The molecule has 21 heavy (non-hydrogen) atoms. The van der Waals surface area contributed by atoms with Crippen LogP contribution in [-0.4, -0.2) is 22.2 Å². The Morgan fingerprint density at radius 1 is 0.952 bits per heavy atom. The fraction of sp³-hybridized carbons (Fsp3) is 0.647. The number of hydrogen-bond acceptors (Lipinski definition) is 2. The van der Waals surface area contributed by atoms with Crippen molar-refractivity contribution >= 4 is 11.9 Å². The second-order valence-corrected chi connectivity index (χ2v) is 6.55. The lowest BCUT2D eigenvalue weighted by Gasteiger charge is -2.20. The summed E-state index contributed by atoms with van der Waals surface area (Å²) in [7, 11) is 0. The van der Waals surface area contributed by atoms with E-state index < -0.39 is 17.5 Å². The molecule has 0 aromatic heterocycles. The van der Waals surface area contributed by atoms with Crippen molar-refractivity contribution in [2.45, 2.75) is 66.7 Å². The third-order valence-corrected chi connectivity index (χ3v) is 2.99. The molecule has 0 radical (unpaired) electrons. The number of carbonyl (C=O) groups is 2. The van der Waals surface area contributed by atoms with Crippen molar-refractivity contribution < 1.29 is 19.8 Å². The first-order chi connectivity index (χ1) is 9.62. The van der Waals surface area contributed by atoms with Gasteiger partial charge >= 0.3 is 11.9 Å². The zero-order valence-electron chi connectivity index (χ0n) is 13.8. The summed E-state index contributed by atoms with van der Waals surface area (Å²) in [5.74, 6) is -2.74. The number of aliphatic carboxylic acids is 2. The largest absolute Gasteiger partial charge is 0.477 e. The third-order valence-electron chi connectivity index (χ3n) is 2.99. The standard InChI is InChI=1S/C17H28O4/c1-6-8-12(9-7-2)10-13(11-17(3,4)5)14(15(18)19)16(20)21/h10H,6-9,11H2,1-5H3,(H,18,19)(H,20,21). The predicted octanol–water partition coefficient (Wildman–Crippen LogP) is 4.42. The molecule has 0 bridgehead atoms. The smallest absolute Gasteiger partial charge is 0.343 e. The summed E-state index contributed by atoms with van der Waals surface area (Å²) in [6, 6.07) is 0. The molecule has 0 fully saturated rings. The Labute approximate surface area is 127 Å². The number of carboxylic acids is 2. The molecule has 0 rings (SSSR count). The van der Waals surface area contributed by atoms with E-state index in [-0.39, 0.29) is 5.41 Å². The molecule has 4 heteroatoms. The van der Waals surface area contributed by atoms with Gasteiger partial charge in [-0.2, -0.15) is 0 Å². The van der Waals surface area contributed by atoms with E-state index in [1.54, 1.807) is 6.08 Å². The fourth-order valence-electron chi connectivity index (χ4n) is 2.31. The summed E-state index contributed by atoms with van der Waals surface area (Å²) in [5, 5.41) is 18.4. The Kier molecular flexibility index (Phi) is 8.00. The Balaban J connectivity index is 5.91. The van der Waals surface area contributed by atoms with Gasteiger partial charge in [-0.3, -0.25) is 0 Å².